The summed E-state index contributed by atoms with van der Waals surface area (Å²) in [7, 11) is 0. The fourth-order valence-electron chi connectivity index (χ4n) is 3.15. The third-order valence-electron chi connectivity index (χ3n) is 4.52. The first-order chi connectivity index (χ1) is 13.7. The van der Waals surface area contributed by atoms with Crippen molar-refractivity contribution < 1.29 is 13.9 Å². The fourth-order valence-corrected chi connectivity index (χ4v) is 3.39. The molecule has 0 saturated carbocycles. The van der Waals surface area contributed by atoms with Crippen molar-refractivity contribution in [3.8, 4) is 22.8 Å². The number of halogens is 2. The van der Waals surface area contributed by atoms with Crippen LogP contribution in [0, 0.1) is 5.82 Å². The lowest BCUT2D eigenvalue weighted by molar-refractivity contribution is 0.174. The monoisotopic (exact) mass is 396 g/mol. The first-order valence-electron chi connectivity index (χ1n) is 8.59. The van der Waals surface area contributed by atoms with Crippen LogP contribution in [0.1, 0.15) is 5.56 Å². The standard InChI is InChI=1S/C20H14ClFN4O2/c21-15-8-17-16(27-11-28-17)7-14(15)19-20(26-6-5-23-10-18(26)25-19)24-9-12-1-3-13(22)4-2-12/h1-8,10,24H,9,11H2. The van der Waals surface area contributed by atoms with Gasteiger partial charge in [-0.1, -0.05) is 23.7 Å². The highest BCUT2D eigenvalue weighted by atomic mass is 35.5. The number of benzene rings is 2. The van der Waals surface area contributed by atoms with E-state index in [0.717, 1.165) is 16.9 Å². The lowest BCUT2D eigenvalue weighted by atomic mass is 10.1. The van der Waals surface area contributed by atoms with Gasteiger partial charge in [0, 0.05) is 30.6 Å². The molecule has 0 spiro atoms. The summed E-state index contributed by atoms with van der Waals surface area (Å²) in [6.07, 6.45) is 5.18. The second-order valence-corrected chi connectivity index (χ2v) is 6.69. The van der Waals surface area contributed by atoms with Crippen molar-refractivity contribution in [3.63, 3.8) is 0 Å². The summed E-state index contributed by atoms with van der Waals surface area (Å²) >= 11 is 6.51. The molecular weight excluding hydrogens is 383 g/mol. The van der Waals surface area contributed by atoms with Crippen LogP contribution >= 0.6 is 11.6 Å². The molecule has 8 heteroatoms. The van der Waals surface area contributed by atoms with Crippen molar-refractivity contribution in [1.82, 2.24) is 14.4 Å². The van der Waals surface area contributed by atoms with Crippen LogP contribution in [0.3, 0.4) is 0 Å². The van der Waals surface area contributed by atoms with Gasteiger partial charge in [-0.15, -0.1) is 0 Å². The van der Waals surface area contributed by atoms with Gasteiger partial charge < -0.3 is 14.8 Å². The molecule has 5 rings (SSSR count). The zero-order valence-corrected chi connectivity index (χ0v) is 15.3. The van der Waals surface area contributed by atoms with E-state index in [-0.39, 0.29) is 12.6 Å². The minimum Gasteiger partial charge on any atom is -0.454 e. The van der Waals surface area contributed by atoms with Gasteiger partial charge in [0.25, 0.3) is 0 Å². The third-order valence-corrected chi connectivity index (χ3v) is 4.83. The van der Waals surface area contributed by atoms with Crippen LogP contribution in [0.4, 0.5) is 10.2 Å². The summed E-state index contributed by atoms with van der Waals surface area (Å²) in [6.45, 7) is 0.658. The third kappa shape index (κ3) is 2.90. The van der Waals surface area contributed by atoms with E-state index >= 15 is 0 Å². The minimum absolute atomic E-state index is 0.167. The van der Waals surface area contributed by atoms with Crippen molar-refractivity contribution in [2.75, 3.05) is 12.1 Å². The van der Waals surface area contributed by atoms with Gasteiger partial charge in [0.2, 0.25) is 6.79 Å². The van der Waals surface area contributed by atoms with Crippen LogP contribution in [0.25, 0.3) is 16.9 Å². The van der Waals surface area contributed by atoms with E-state index in [2.05, 4.69) is 10.3 Å². The molecule has 0 unspecified atom stereocenters. The number of fused-ring (bicyclic) bond motifs is 2. The molecule has 0 aliphatic carbocycles. The molecule has 0 atom stereocenters. The fraction of sp³-hybridized carbons (Fsp3) is 0.100. The lowest BCUT2D eigenvalue weighted by Crippen LogP contribution is -2.03. The van der Waals surface area contributed by atoms with Gasteiger partial charge in [-0.05, 0) is 23.8 Å². The highest BCUT2D eigenvalue weighted by Gasteiger charge is 2.22. The molecule has 1 aliphatic rings. The Balaban J connectivity index is 1.59. The molecule has 0 saturated heterocycles. The van der Waals surface area contributed by atoms with Crippen LogP contribution in [-0.2, 0) is 6.54 Å². The maximum atomic E-state index is 13.2. The molecular formula is C20H14ClFN4O2. The molecule has 3 heterocycles. The molecule has 4 aromatic rings. The molecule has 28 heavy (non-hydrogen) atoms. The van der Waals surface area contributed by atoms with Gasteiger partial charge in [0.1, 0.15) is 17.3 Å². The van der Waals surface area contributed by atoms with Gasteiger partial charge in [-0.2, -0.15) is 0 Å². The van der Waals surface area contributed by atoms with E-state index in [1.165, 1.54) is 12.1 Å². The summed E-state index contributed by atoms with van der Waals surface area (Å²) in [5.74, 6) is 1.72. The number of hydrogen-bond donors (Lipinski definition) is 1. The van der Waals surface area contributed by atoms with Crippen molar-refractivity contribution in [1.29, 1.82) is 0 Å². The number of rotatable bonds is 4. The van der Waals surface area contributed by atoms with Crippen molar-refractivity contribution in [3.05, 3.63) is 71.4 Å². The number of ether oxygens (including phenoxy) is 2. The van der Waals surface area contributed by atoms with Crippen LogP contribution in [-0.4, -0.2) is 21.2 Å². The molecule has 2 aromatic carbocycles. The van der Waals surface area contributed by atoms with Gasteiger partial charge in [-0.3, -0.25) is 9.38 Å². The Kier molecular flexibility index (Phi) is 4.02. The summed E-state index contributed by atoms with van der Waals surface area (Å²) in [5, 5.41) is 3.89. The van der Waals surface area contributed by atoms with Crippen molar-refractivity contribution in [2.24, 2.45) is 0 Å². The van der Waals surface area contributed by atoms with Crippen molar-refractivity contribution in [2.45, 2.75) is 6.54 Å². The van der Waals surface area contributed by atoms with Gasteiger partial charge in [-0.25, -0.2) is 9.37 Å². The number of aromatic nitrogens is 3. The maximum absolute atomic E-state index is 13.2. The topological polar surface area (TPSA) is 60.7 Å². The Morgan fingerprint density at radius 1 is 1.14 bits per heavy atom. The number of nitrogens with zero attached hydrogens (tertiary/aromatic N) is 3. The predicted molar refractivity (Wildman–Crippen MR) is 103 cm³/mol. The number of imidazole rings is 1. The Labute approximate surface area is 164 Å². The average Bonchev–Trinajstić information content (AvgIpc) is 3.30. The van der Waals surface area contributed by atoms with E-state index in [9.17, 15) is 4.39 Å². The highest BCUT2D eigenvalue weighted by Crippen LogP contribution is 2.42. The van der Waals surface area contributed by atoms with Gasteiger partial charge in [0.15, 0.2) is 17.1 Å². The molecule has 2 aromatic heterocycles. The molecule has 0 amide bonds. The van der Waals surface area contributed by atoms with Gasteiger partial charge >= 0.3 is 0 Å². The Bertz CT molecular complexity index is 1180. The number of hydrogen-bond acceptors (Lipinski definition) is 5. The van der Waals surface area contributed by atoms with E-state index < -0.39 is 0 Å². The summed E-state index contributed by atoms with van der Waals surface area (Å²) in [5.41, 5.74) is 3.00. The molecule has 0 fully saturated rings. The Morgan fingerprint density at radius 2 is 1.93 bits per heavy atom. The quantitative estimate of drug-likeness (QED) is 0.549. The van der Waals surface area contributed by atoms with E-state index in [0.29, 0.717) is 34.4 Å². The second kappa shape index (κ2) is 6.69. The van der Waals surface area contributed by atoms with Crippen LogP contribution < -0.4 is 14.8 Å². The predicted octanol–water partition coefficient (Wildman–Crippen LogP) is 4.53. The van der Waals surface area contributed by atoms with Crippen molar-refractivity contribution >= 4 is 23.1 Å². The summed E-state index contributed by atoms with van der Waals surface area (Å²) in [4.78, 5) is 8.83. The Hall–Kier alpha value is -3.32. The minimum atomic E-state index is -0.266. The summed E-state index contributed by atoms with van der Waals surface area (Å²) in [6, 6.07) is 9.89. The van der Waals surface area contributed by atoms with E-state index in [1.807, 2.05) is 16.7 Å². The Morgan fingerprint density at radius 3 is 2.75 bits per heavy atom. The highest BCUT2D eigenvalue weighted by molar-refractivity contribution is 6.33. The zero-order valence-electron chi connectivity index (χ0n) is 14.5. The first-order valence-corrected chi connectivity index (χ1v) is 8.97. The largest absolute Gasteiger partial charge is 0.454 e. The van der Waals surface area contributed by atoms with Gasteiger partial charge in [0.05, 0.1) is 11.2 Å². The first kappa shape index (κ1) is 16.8. The van der Waals surface area contributed by atoms with Crippen LogP contribution in [0.2, 0.25) is 5.02 Å². The normalized spacial score (nSPS) is 12.5. The average molecular weight is 397 g/mol. The summed E-state index contributed by atoms with van der Waals surface area (Å²) < 4.78 is 25.9. The molecule has 140 valence electrons. The van der Waals surface area contributed by atoms with Crippen LogP contribution in [0.5, 0.6) is 11.5 Å². The molecule has 6 nitrogen and oxygen atoms in total. The smallest absolute Gasteiger partial charge is 0.231 e. The molecule has 1 N–H and O–H groups in total. The zero-order chi connectivity index (χ0) is 19.1. The molecule has 1 aliphatic heterocycles. The second-order valence-electron chi connectivity index (χ2n) is 6.28. The number of nitrogens with one attached hydrogen (secondary N) is 1. The van der Waals surface area contributed by atoms with E-state index in [4.69, 9.17) is 26.1 Å². The van der Waals surface area contributed by atoms with E-state index in [1.54, 1.807) is 30.6 Å². The molecule has 0 radical (unpaired) electrons. The number of anilines is 1. The lowest BCUT2D eigenvalue weighted by Gasteiger charge is -2.10. The maximum Gasteiger partial charge on any atom is 0.231 e. The SMILES string of the molecule is Fc1ccc(CNc2c(-c3cc4c(cc3Cl)OCO4)nc3cnccn23)cc1. The van der Waals surface area contributed by atoms with Crippen LogP contribution in [0.15, 0.2) is 55.0 Å². The molecule has 0 bridgehead atoms.